The molecule has 1 N–H and O–H groups in total. The molecule has 3 nitrogen and oxygen atoms in total. The molecule has 0 bridgehead atoms. The predicted molar refractivity (Wildman–Crippen MR) is 83.7 cm³/mol. The number of likely N-dealkylation sites (tertiary alicyclic amines) is 1. The maximum absolute atomic E-state index is 10.4. The van der Waals surface area contributed by atoms with Gasteiger partial charge in [0.1, 0.15) is 0 Å². The van der Waals surface area contributed by atoms with Crippen molar-refractivity contribution in [3.63, 3.8) is 0 Å². The van der Waals surface area contributed by atoms with Gasteiger partial charge < -0.3 is 14.9 Å². The lowest BCUT2D eigenvalue weighted by Gasteiger charge is -2.37. The normalized spacial score (nSPS) is 21.1. The minimum Gasteiger partial charge on any atom is -0.388 e. The number of rotatable bonds is 5. The van der Waals surface area contributed by atoms with Crippen LogP contribution in [0.1, 0.15) is 31.4 Å². The highest BCUT2D eigenvalue weighted by Gasteiger charge is 2.24. The molecule has 0 saturated carbocycles. The van der Waals surface area contributed by atoms with E-state index >= 15 is 0 Å². The molecule has 2 rings (SSSR count). The van der Waals surface area contributed by atoms with Crippen LogP contribution in [0.4, 0.5) is 0 Å². The Morgan fingerprint density at radius 3 is 2.45 bits per heavy atom. The summed E-state index contributed by atoms with van der Waals surface area (Å²) >= 11 is 0. The second-order valence-corrected chi connectivity index (χ2v) is 6.31. The monoisotopic (exact) mass is 276 g/mol. The highest BCUT2D eigenvalue weighted by atomic mass is 16.3. The van der Waals surface area contributed by atoms with E-state index in [1.807, 2.05) is 30.3 Å². The molecule has 2 atom stereocenters. The van der Waals surface area contributed by atoms with Gasteiger partial charge in [0.05, 0.1) is 6.10 Å². The fourth-order valence-corrected chi connectivity index (χ4v) is 3.12. The van der Waals surface area contributed by atoms with Crippen LogP contribution in [-0.2, 0) is 0 Å². The molecule has 2 unspecified atom stereocenters. The summed E-state index contributed by atoms with van der Waals surface area (Å²) in [7, 11) is 4.39. The van der Waals surface area contributed by atoms with Crippen molar-refractivity contribution in [2.45, 2.75) is 31.9 Å². The molecule has 1 aromatic rings. The van der Waals surface area contributed by atoms with Crippen molar-refractivity contribution < 1.29 is 5.11 Å². The van der Waals surface area contributed by atoms with E-state index in [1.54, 1.807) is 0 Å². The summed E-state index contributed by atoms with van der Waals surface area (Å²) in [5.74, 6) is 0.252. The lowest BCUT2D eigenvalue weighted by molar-refractivity contribution is 0.0690. The Hall–Kier alpha value is -0.900. The lowest BCUT2D eigenvalue weighted by atomic mass is 9.95. The molecule has 1 fully saturated rings. The van der Waals surface area contributed by atoms with Gasteiger partial charge in [-0.1, -0.05) is 37.3 Å². The summed E-state index contributed by atoms with van der Waals surface area (Å²) in [4.78, 5) is 4.83. The molecule has 20 heavy (non-hydrogen) atoms. The van der Waals surface area contributed by atoms with Crippen molar-refractivity contribution in [2.24, 2.45) is 5.92 Å². The minimum atomic E-state index is -0.370. The standard InChI is InChI=1S/C17H28N2O/c1-14(17(20)15-7-5-4-6-8-15)13-19(3)16-9-11-18(2)12-10-16/h4-8,14,16-17,20H,9-13H2,1-3H3. The Morgan fingerprint density at radius 1 is 1.25 bits per heavy atom. The van der Waals surface area contributed by atoms with Gasteiger partial charge in [-0.3, -0.25) is 0 Å². The second-order valence-electron chi connectivity index (χ2n) is 6.31. The van der Waals surface area contributed by atoms with E-state index < -0.39 is 0 Å². The predicted octanol–water partition coefficient (Wildman–Crippen LogP) is 2.38. The van der Waals surface area contributed by atoms with Gasteiger partial charge in [-0.2, -0.15) is 0 Å². The first-order chi connectivity index (χ1) is 9.58. The lowest BCUT2D eigenvalue weighted by Crippen LogP contribution is -2.43. The molecule has 3 heteroatoms. The van der Waals surface area contributed by atoms with E-state index in [-0.39, 0.29) is 12.0 Å². The quantitative estimate of drug-likeness (QED) is 0.894. The van der Waals surface area contributed by atoms with Crippen LogP contribution in [0.25, 0.3) is 0 Å². The third-order valence-corrected chi connectivity index (χ3v) is 4.57. The number of aliphatic hydroxyl groups is 1. The molecule has 0 amide bonds. The highest BCUT2D eigenvalue weighted by Crippen LogP contribution is 2.24. The average molecular weight is 276 g/mol. The largest absolute Gasteiger partial charge is 0.388 e. The Morgan fingerprint density at radius 2 is 1.85 bits per heavy atom. The SMILES string of the molecule is CC(CN(C)C1CCN(C)CC1)C(O)c1ccccc1. The molecular weight excluding hydrogens is 248 g/mol. The van der Waals surface area contributed by atoms with Crippen molar-refractivity contribution in [1.82, 2.24) is 9.80 Å². The number of hydrogen-bond donors (Lipinski definition) is 1. The molecule has 1 aliphatic rings. The molecule has 1 saturated heterocycles. The summed E-state index contributed by atoms with van der Waals surface area (Å²) in [5, 5.41) is 10.4. The Kier molecular flexibility index (Phi) is 5.58. The minimum absolute atomic E-state index is 0.252. The van der Waals surface area contributed by atoms with Gasteiger partial charge in [-0.25, -0.2) is 0 Å². The Balaban J connectivity index is 1.86. The molecule has 0 spiro atoms. The molecule has 0 aliphatic carbocycles. The van der Waals surface area contributed by atoms with E-state index in [0.717, 1.165) is 12.1 Å². The van der Waals surface area contributed by atoms with Gasteiger partial charge in [-0.05, 0) is 51.5 Å². The van der Waals surface area contributed by atoms with Crippen molar-refractivity contribution >= 4 is 0 Å². The summed E-state index contributed by atoms with van der Waals surface area (Å²) in [6.07, 6.45) is 2.10. The maximum atomic E-state index is 10.4. The third kappa shape index (κ3) is 4.05. The van der Waals surface area contributed by atoms with Gasteiger partial charge in [0.15, 0.2) is 0 Å². The Bertz CT molecular complexity index is 387. The number of nitrogens with zero attached hydrogens (tertiary/aromatic N) is 2. The zero-order valence-electron chi connectivity index (χ0n) is 13.0. The van der Waals surface area contributed by atoms with Crippen LogP contribution < -0.4 is 0 Å². The molecular formula is C17H28N2O. The summed E-state index contributed by atoms with van der Waals surface area (Å²) < 4.78 is 0. The van der Waals surface area contributed by atoms with E-state index in [4.69, 9.17) is 0 Å². The number of aliphatic hydroxyl groups excluding tert-OH is 1. The highest BCUT2D eigenvalue weighted by molar-refractivity contribution is 5.17. The van der Waals surface area contributed by atoms with Crippen LogP contribution in [0.2, 0.25) is 0 Å². The first-order valence-corrected chi connectivity index (χ1v) is 7.69. The van der Waals surface area contributed by atoms with Gasteiger partial charge in [0, 0.05) is 12.6 Å². The first-order valence-electron chi connectivity index (χ1n) is 7.69. The van der Waals surface area contributed by atoms with Crippen LogP contribution in [0, 0.1) is 5.92 Å². The molecule has 112 valence electrons. The van der Waals surface area contributed by atoms with E-state index in [9.17, 15) is 5.11 Å². The molecule has 1 aliphatic heterocycles. The Labute approximate surface area is 123 Å². The molecule has 0 aromatic heterocycles. The summed E-state index contributed by atoms with van der Waals surface area (Å²) in [6.45, 7) is 5.46. The summed E-state index contributed by atoms with van der Waals surface area (Å²) in [5.41, 5.74) is 1.02. The smallest absolute Gasteiger partial charge is 0.0827 e. The van der Waals surface area contributed by atoms with Gasteiger partial charge in [0.25, 0.3) is 0 Å². The number of hydrogen-bond acceptors (Lipinski definition) is 3. The average Bonchev–Trinajstić information content (AvgIpc) is 2.48. The van der Waals surface area contributed by atoms with Crippen molar-refractivity contribution in [1.29, 1.82) is 0 Å². The van der Waals surface area contributed by atoms with Crippen LogP contribution in [0.5, 0.6) is 0 Å². The van der Waals surface area contributed by atoms with Crippen LogP contribution >= 0.6 is 0 Å². The zero-order valence-corrected chi connectivity index (χ0v) is 13.0. The second kappa shape index (κ2) is 7.21. The number of benzene rings is 1. The fourth-order valence-electron chi connectivity index (χ4n) is 3.12. The van der Waals surface area contributed by atoms with E-state index in [1.165, 1.54) is 25.9 Å². The zero-order chi connectivity index (χ0) is 14.5. The topological polar surface area (TPSA) is 26.7 Å². The van der Waals surface area contributed by atoms with Crippen LogP contribution in [-0.4, -0.2) is 54.7 Å². The van der Waals surface area contributed by atoms with Crippen molar-refractivity contribution in [3.8, 4) is 0 Å². The van der Waals surface area contributed by atoms with Crippen molar-refractivity contribution in [2.75, 3.05) is 33.7 Å². The first kappa shape index (κ1) is 15.5. The summed E-state index contributed by atoms with van der Waals surface area (Å²) in [6, 6.07) is 10.7. The van der Waals surface area contributed by atoms with Crippen LogP contribution in [0.15, 0.2) is 30.3 Å². The van der Waals surface area contributed by atoms with Gasteiger partial charge in [-0.15, -0.1) is 0 Å². The number of piperidine rings is 1. The fraction of sp³-hybridized carbons (Fsp3) is 0.647. The molecule has 1 aromatic carbocycles. The van der Waals surface area contributed by atoms with E-state index in [0.29, 0.717) is 6.04 Å². The third-order valence-electron chi connectivity index (χ3n) is 4.57. The van der Waals surface area contributed by atoms with Gasteiger partial charge in [0.2, 0.25) is 0 Å². The van der Waals surface area contributed by atoms with Crippen molar-refractivity contribution in [3.05, 3.63) is 35.9 Å². The van der Waals surface area contributed by atoms with Gasteiger partial charge >= 0.3 is 0 Å². The molecule has 1 heterocycles. The van der Waals surface area contributed by atoms with E-state index in [2.05, 4.69) is 30.8 Å². The maximum Gasteiger partial charge on any atom is 0.0827 e. The molecule has 0 radical (unpaired) electrons. The van der Waals surface area contributed by atoms with Crippen LogP contribution in [0.3, 0.4) is 0 Å².